The molecule has 32 heavy (non-hydrogen) atoms. The smallest absolute Gasteiger partial charge is 0.0361 e. The summed E-state index contributed by atoms with van der Waals surface area (Å²) in [6, 6.07) is 17.0. The molecule has 1 aliphatic rings. The molecule has 0 spiro atoms. The molecule has 2 aromatic rings. The van der Waals surface area contributed by atoms with Crippen LogP contribution < -0.4 is 42.5 Å². The van der Waals surface area contributed by atoms with Crippen molar-refractivity contribution in [3.8, 4) is 0 Å². The third-order valence-electron chi connectivity index (χ3n) is 5.21. The molecular weight excluding hydrogens is 400 g/mol. The van der Waals surface area contributed by atoms with Crippen molar-refractivity contribution in [1.29, 1.82) is 0 Å². The summed E-state index contributed by atoms with van der Waals surface area (Å²) in [4.78, 5) is 0. The van der Waals surface area contributed by atoms with Crippen molar-refractivity contribution in [2.45, 2.75) is 0 Å². The Bertz CT molecular complexity index is 636. The highest BCUT2D eigenvalue weighted by Crippen LogP contribution is 2.15. The lowest BCUT2D eigenvalue weighted by Crippen LogP contribution is -2.33. The minimum absolute atomic E-state index is 0.907. The van der Waals surface area contributed by atoms with E-state index in [1.54, 1.807) is 0 Å². The van der Waals surface area contributed by atoms with E-state index in [0.717, 1.165) is 101 Å². The maximum atomic E-state index is 3.49. The Hall–Kier alpha value is -2.52. The lowest BCUT2D eigenvalue weighted by Gasteiger charge is -2.13. The molecule has 0 radical (unpaired) electrons. The Morgan fingerprint density at radius 2 is 0.594 bits per heavy atom. The fourth-order valence-corrected chi connectivity index (χ4v) is 3.51. The second-order valence-electron chi connectivity index (χ2n) is 7.87. The maximum absolute atomic E-state index is 3.49. The number of anilines is 4. The van der Waals surface area contributed by atoms with E-state index in [1.807, 2.05) is 0 Å². The standard InChI is InChI=1S/C24H40N8/c1-3-21-19-22(4-1)30-16-12-26-8-10-28-14-18-32-24-6-2-5-23(20-24)31-17-13-27-9-7-25-11-15-29-21/h1-6,19-20,25-32H,7-18H2. The molecule has 8 N–H and O–H groups in total. The molecule has 0 atom stereocenters. The zero-order valence-electron chi connectivity index (χ0n) is 19.1. The van der Waals surface area contributed by atoms with E-state index in [1.165, 1.54) is 0 Å². The maximum Gasteiger partial charge on any atom is 0.0361 e. The lowest BCUT2D eigenvalue weighted by atomic mass is 10.2. The van der Waals surface area contributed by atoms with E-state index >= 15 is 0 Å². The Labute approximate surface area is 192 Å². The summed E-state index contributed by atoms with van der Waals surface area (Å²) in [5.41, 5.74) is 4.60. The van der Waals surface area contributed by atoms with Crippen molar-refractivity contribution in [2.75, 3.05) is 99.8 Å². The van der Waals surface area contributed by atoms with Gasteiger partial charge in [0.2, 0.25) is 0 Å². The number of nitrogens with one attached hydrogen (secondary N) is 8. The van der Waals surface area contributed by atoms with Crippen LogP contribution in [0.15, 0.2) is 48.5 Å². The van der Waals surface area contributed by atoms with Gasteiger partial charge in [0.1, 0.15) is 0 Å². The van der Waals surface area contributed by atoms with Crippen LogP contribution in [-0.4, -0.2) is 78.5 Å². The van der Waals surface area contributed by atoms with Gasteiger partial charge in [-0.1, -0.05) is 12.1 Å². The molecule has 2 aromatic carbocycles. The Kier molecular flexibility index (Phi) is 11.5. The predicted molar refractivity (Wildman–Crippen MR) is 138 cm³/mol. The van der Waals surface area contributed by atoms with Gasteiger partial charge in [0, 0.05) is 101 Å². The van der Waals surface area contributed by atoms with Crippen molar-refractivity contribution >= 4 is 22.7 Å². The molecule has 4 bridgehead atoms. The fraction of sp³-hybridized carbons (Fsp3) is 0.500. The van der Waals surface area contributed by atoms with Crippen molar-refractivity contribution in [1.82, 2.24) is 21.3 Å². The van der Waals surface area contributed by atoms with Gasteiger partial charge < -0.3 is 42.5 Å². The molecule has 176 valence electrons. The predicted octanol–water partition coefficient (Wildman–Crippen LogP) is 1.41. The van der Waals surface area contributed by atoms with Crippen LogP contribution in [0, 0.1) is 0 Å². The summed E-state index contributed by atoms with van der Waals surface area (Å²) in [5, 5.41) is 27.9. The molecular formula is C24H40N8. The highest BCUT2D eigenvalue weighted by molar-refractivity contribution is 5.57. The second-order valence-corrected chi connectivity index (χ2v) is 7.87. The van der Waals surface area contributed by atoms with Crippen molar-refractivity contribution in [2.24, 2.45) is 0 Å². The lowest BCUT2D eigenvalue weighted by molar-refractivity contribution is 0.626. The third-order valence-corrected chi connectivity index (χ3v) is 5.21. The Morgan fingerprint density at radius 1 is 0.344 bits per heavy atom. The van der Waals surface area contributed by atoms with Crippen molar-refractivity contribution in [3.63, 3.8) is 0 Å². The normalized spacial score (nSPS) is 18.2. The monoisotopic (exact) mass is 440 g/mol. The average molecular weight is 441 g/mol. The molecule has 0 saturated carbocycles. The highest BCUT2D eigenvalue weighted by Gasteiger charge is 1.98. The van der Waals surface area contributed by atoms with E-state index in [-0.39, 0.29) is 0 Å². The zero-order chi connectivity index (χ0) is 22.1. The van der Waals surface area contributed by atoms with Gasteiger partial charge in [0.25, 0.3) is 0 Å². The molecule has 1 heterocycles. The molecule has 0 saturated heterocycles. The topological polar surface area (TPSA) is 96.2 Å². The van der Waals surface area contributed by atoms with Crippen LogP contribution in [0.3, 0.4) is 0 Å². The number of fused-ring (bicyclic) bond motifs is 4. The van der Waals surface area contributed by atoms with E-state index < -0.39 is 0 Å². The first-order chi connectivity index (χ1) is 15.9. The van der Waals surface area contributed by atoms with Crippen molar-refractivity contribution < 1.29 is 0 Å². The van der Waals surface area contributed by atoms with Crippen LogP contribution in [0.2, 0.25) is 0 Å². The van der Waals surface area contributed by atoms with E-state index in [4.69, 9.17) is 0 Å². The highest BCUT2D eigenvalue weighted by atomic mass is 15.0. The van der Waals surface area contributed by atoms with Crippen LogP contribution >= 0.6 is 0 Å². The zero-order valence-corrected chi connectivity index (χ0v) is 19.1. The summed E-state index contributed by atoms with van der Waals surface area (Å²) in [6.45, 7) is 11.2. The Balaban J connectivity index is 1.41. The largest absolute Gasteiger partial charge is 0.384 e. The van der Waals surface area contributed by atoms with Crippen LogP contribution in [0.4, 0.5) is 22.7 Å². The van der Waals surface area contributed by atoms with Crippen LogP contribution in [0.5, 0.6) is 0 Å². The molecule has 0 unspecified atom stereocenters. The van der Waals surface area contributed by atoms with Crippen LogP contribution in [0.25, 0.3) is 0 Å². The van der Waals surface area contributed by atoms with E-state index in [0.29, 0.717) is 0 Å². The first-order valence-electron chi connectivity index (χ1n) is 11.9. The number of benzene rings is 2. The first kappa shape index (κ1) is 24.1. The number of hydrogen-bond acceptors (Lipinski definition) is 8. The molecule has 0 amide bonds. The molecule has 0 fully saturated rings. The summed E-state index contributed by atoms with van der Waals surface area (Å²) in [5.74, 6) is 0. The minimum Gasteiger partial charge on any atom is -0.384 e. The average Bonchev–Trinajstić information content (AvgIpc) is 2.81. The molecule has 8 heteroatoms. The molecule has 8 nitrogen and oxygen atoms in total. The van der Waals surface area contributed by atoms with Gasteiger partial charge in [-0.15, -0.1) is 0 Å². The van der Waals surface area contributed by atoms with E-state index in [2.05, 4.69) is 91.1 Å². The van der Waals surface area contributed by atoms with Crippen LogP contribution in [-0.2, 0) is 0 Å². The molecule has 0 aromatic heterocycles. The minimum atomic E-state index is 0.907. The van der Waals surface area contributed by atoms with Gasteiger partial charge in [-0.2, -0.15) is 0 Å². The second kappa shape index (κ2) is 15.3. The summed E-state index contributed by atoms with van der Waals surface area (Å²) >= 11 is 0. The molecule has 3 rings (SSSR count). The van der Waals surface area contributed by atoms with Gasteiger partial charge in [0.05, 0.1) is 0 Å². The molecule has 0 aliphatic carbocycles. The van der Waals surface area contributed by atoms with Gasteiger partial charge >= 0.3 is 0 Å². The van der Waals surface area contributed by atoms with E-state index in [9.17, 15) is 0 Å². The fourth-order valence-electron chi connectivity index (χ4n) is 3.51. The van der Waals surface area contributed by atoms with Crippen molar-refractivity contribution in [3.05, 3.63) is 48.5 Å². The number of hydrogen-bond donors (Lipinski definition) is 8. The summed E-state index contributed by atoms with van der Waals surface area (Å²) in [7, 11) is 0. The molecule has 1 aliphatic heterocycles. The summed E-state index contributed by atoms with van der Waals surface area (Å²) in [6.07, 6.45) is 0. The SMILES string of the molecule is c1cc2cc(c1)NCCNCCNCCNc1cccc(c1)NCCNCCNCCN2. The van der Waals surface area contributed by atoms with Gasteiger partial charge in [-0.05, 0) is 36.4 Å². The van der Waals surface area contributed by atoms with Gasteiger partial charge in [-0.25, -0.2) is 0 Å². The van der Waals surface area contributed by atoms with Gasteiger partial charge in [-0.3, -0.25) is 0 Å². The summed E-state index contributed by atoms with van der Waals surface area (Å²) < 4.78 is 0. The van der Waals surface area contributed by atoms with Crippen LogP contribution in [0.1, 0.15) is 0 Å². The van der Waals surface area contributed by atoms with Gasteiger partial charge in [0.15, 0.2) is 0 Å². The quantitative estimate of drug-likeness (QED) is 0.312. The number of rotatable bonds is 0. The first-order valence-corrected chi connectivity index (χ1v) is 11.9. The third kappa shape index (κ3) is 10.2. The Morgan fingerprint density at radius 3 is 0.875 bits per heavy atom.